The Morgan fingerprint density at radius 3 is 2.52 bits per heavy atom. The first-order valence-electron chi connectivity index (χ1n) is 9.56. The lowest BCUT2D eigenvalue weighted by Crippen LogP contribution is -2.46. The summed E-state index contributed by atoms with van der Waals surface area (Å²) in [6.07, 6.45) is 1.35. The second-order valence-corrected chi connectivity index (χ2v) is 7.18. The van der Waals surface area contributed by atoms with E-state index in [0.29, 0.717) is 37.2 Å². The Morgan fingerprint density at radius 2 is 1.83 bits per heavy atom. The van der Waals surface area contributed by atoms with Gasteiger partial charge in [0, 0.05) is 41.7 Å². The molecule has 1 aromatic heterocycles. The number of aromatic nitrogens is 1. The number of carbonyl (C=O) groups excluding carboxylic acids is 2. The molecule has 0 spiro atoms. The van der Waals surface area contributed by atoms with Crippen LogP contribution in [0.4, 0.5) is 4.39 Å². The van der Waals surface area contributed by atoms with Crippen LogP contribution in [0.25, 0.3) is 10.9 Å². The molecule has 0 atom stereocenters. The van der Waals surface area contributed by atoms with Gasteiger partial charge < -0.3 is 19.9 Å². The minimum Gasteiger partial charge on any atom is -0.497 e. The summed E-state index contributed by atoms with van der Waals surface area (Å²) in [5.41, 5.74) is 1.83. The number of piperidine rings is 1. The maximum Gasteiger partial charge on any atom is 0.270 e. The number of carbonyl (C=O) groups is 2. The predicted molar refractivity (Wildman–Crippen MR) is 108 cm³/mol. The number of nitrogens with one attached hydrogen (secondary N) is 2. The van der Waals surface area contributed by atoms with Gasteiger partial charge in [-0.25, -0.2) is 4.39 Å². The van der Waals surface area contributed by atoms with Gasteiger partial charge in [0.2, 0.25) is 0 Å². The van der Waals surface area contributed by atoms with Crippen molar-refractivity contribution in [3.05, 3.63) is 65.6 Å². The zero-order valence-electron chi connectivity index (χ0n) is 16.1. The summed E-state index contributed by atoms with van der Waals surface area (Å²) in [7, 11) is 1.61. The van der Waals surface area contributed by atoms with Crippen molar-refractivity contribution in [3.8, 4) is 5.75 Å². The molecule has 1 fully saturated rings. The van der Waals surface area contributed by atoms with Gasteiger partial charge in [-0.2, -0.15) is 0 Å². The summed E-state index contributed by atoms with van der Waals surface area (Å²) >= 11 is 0. The maximum atomic E-state index is 13.0. The van der Waals surface area contributed by atoms with E-state index in [1.165, 1.54) is 24.3 Å². The van der Waals surface area contributed by atoms with Gasteiger partial charge in [-0.3, -0.25) is 9.59 Å². The van der Waals surface area contributed by atoms with Crippen molar-refractivity contribution >= 4 is 22.7 Å². The largest absolute Gasteiger partial charge is 0.497 e. The maximum absolute atomic E-state index is 13.0. The van der Waals surface area contributed by atoms with Crippen molar-refractivity contribution in [2.45, 2.75) is 18.9 Å². The number of hydrogen-bond donors (Lipinski definition) is 2. The number of ether oxygens (including phenoxy) is 1. The summed E-state index contributed by atoms with van der Waals surface area (Å²) in [6, 6.07) is 12.9. The fourth-order valence-electron chi connectivity index (χ4n) is 3.62. The number of nitrogens with zero attached hydrogens (tertiary/aromatic N) is 1. The van der Waals surface area contributed by atoms with Gasteiger partial charge >= 0.3 is 0 Å². The molecule has 6 nitrogen and oxygen atoms in total. The van der Waals surface area contributed by atoms with Crippen molar-refractivity contribution in [1.82, 2.24) is 15.2 Å². The number of aromatic amines is 1. The third-order valence-corrected chi connectivity index (χ3v) is 5.28. The number of rotatable bonds is 4. The molecule has 0 saturated carbocycles. The third-order valence-electron chi connectivity index (χ3n) is 5.28. The smallest absolute Gasteiger partial charge is 0.270 e. The average Bonchev–Trinajstić information content (AvgIpc) is 3.17. The highest BCUT2D eigenvalue weighted by atomic mass is 19.1. The second-order valence-electron chi connectivity index (χ2n) is 7.18. The van der Waals surface area contributed by atoms with Crippen molar-refractivity contribution in [2.24, 2.45) is 0 Å². The average molecular weight is 395 g/mol. The number of amides is 2. The Hall–Kier alpha value is -3.35. The molecule has 2 N–H and O–H groups in total. The molecule has 1 saturated heterocycles. The Morgan fingerprint density at radius 1 is 1.10 bits per heavy atom. The molecule has 7 heteroatoms. The first-order chi connectivity index (χ1) is 14.0. The van der Waals surface area contributed by atoms with Crippen LogP contribution in [0.5, 0.6) is 5.75 Å². The molecule has 29 heavy (non-hydrogen) atoms. The zero-order valence-corrected chi connectivity index (χ0v) is 16.1. The molecule has 1 aliphatic heterocycles. The standard InChI is InChI=1S/C22H22FN3O3/c1-29-18-7-4-15-12-20(25-19(15)13-18)22(28)26-10-8-17(9-11-26)24-21(27)14-2-5-16(23)6-3-14/h2-7,12-13,17,25H,8-11H2,1H3,(H,24,27). The summed E-state index contributed by atoms with van der Waals surface area (Å²) in [5, 5.41) is 3.92. The SMILES string of the molecule is COc1ccc2cc(C(=O)N3CCC(NC(=O)c4ccc(F)cc4)CC3)[nH]c2c1. The third kappa shape index (κ3) is 4.08. The molecule has 0 aliphatic carbocycles. The summed E-state index contributed by atoms with van der Waals surface area (Å²) in [6.45, 7) is 1.12. The van der Waals surface area contributed by atoms with Crippen LogP contribution in [0.1, 0.15) is 33.7 Å². The second kappa shape index (κ2) is 7.95. The number of benzene rings is 2. The van der Waals surface area contributed by atoms with Gasteiger partial charge in [0.25, 0.3) is 11.8 Å². The van der Waals surface area contributed by atoms with E-state index in [9.17, 15) is 14.0 Å². The van der Waals surface area contributed by atoms with Crippen LogP contribution in [0, 0.1) is 5.82 Å². The fraction of sp³-hybridized carbons (Fsp3) is 0.273. The number of methoxy groups -OCH3 is 1. The van der Waals surface area contributed by atoms with E-state index in [0.717, 1.165) is 16.7 Å². The number of halogens is 1. The van der Waals surface area contributed by atoms with E-state index in [1.54, 1.807) is 12.0 Å². The van der Waals surface area contributed by atoms with Crippen LogP contribution in [-0.2, 0) is 0 Å². The number of fused-ring (bicyclic) bond motifs is 1. The first kappa shape index (κ1) is 19.0. The summed E-state index contributed by atoms with van der Waals surface area (Å²) in [5.74, 6) is 0.0858. The van der Waals surface area contributed by atoms with E-state index in [1.807, 2.05) is 24.3 Å². The van der Waals surface area contributed by atoms with Gasteiger partial charge in [0.05, 0.1) is 7.11 Å². The fourth-order valence-corrected chi connectivity index (χ4v) is 3.62. The van der Waals surface area contributed by atoms with Crippen LogP contribution >= 0.6 is 0 Å². The molecule has 4 rings (SSSR count). The lowest BCUT2D eigenvalue weighted by molar-refractivity contribution is 0.0693. The Labute approximate surface area is 167 Å². The van der Waals surface area contributed by atoms with E-state index >= 15 is 0 Å². The van der Waals surface area contributed by atoms with E-state index < -0.39 is 0 Å². The summed E-state index contributed by atoms with van der Waals surface area (Å²) in [4.78, 5) is 30.1. The van der Waals surface area contributed by atoms with Crippen molar-refractivity contribution in [3.63, 3.8) is 0 Å². The Balaban J connectivity index is 1.36. The van der Waals surface area contributed by atoms with E-state index in [-0.39, 0.29) is 23.7 Å². The minimum absolute atomic E-state index is 0.0106. The van der Waals surface area contributed by atoms with Crippen molar-refractivity contribution in [1.29, 1.82) is 0 Å². The van der Waals surface area contributed by atoms with Crippen LogP contribution in [0.2, 0.25) is 0 Å². The van der Waals surface area contributed by atoms with Crippen LogP contribution in [-0.4, -0.2) is 47.9 Å². The Kier molecular flexibility index (Phi) is 5.20. The molecular weight excluding hydrogens is 373 g/mol. The monoisotopic (exact) mass is 395 g/mol. The van der Waals surface area contributed by atoms with E-state index in [4.69, 9.17) is 4.74 Å². The lowest BCUT2D eigenvalue weighted by atomic mass is 10.0. The van der Waals surface area contributed by atoms with Gasteiger partial charge in [0.1, 0.15) is 17.3 Å². The topological polar surface area (TPSA) is 74.4 Å². The van der Waals surface area contributed by atoms with Gasteiger partial charge in [-0.1, -0.05) is 0 Å². The van der Waals surface area contributed by atoms with Crippen LogP contribution < -0.4 is 10.1 Å². The lowest BCUT2D eigenvalue weighted by Gasteiger charge is -2.32. The number of hydrogen-bond acceptors (Lipinski definition) is 3. The highest BCUT2D eigenvalue weighted by molar-refractivity contribution is 5.98. The first-order valence-corrected chi connectivity index (χ1v) is 9.56. The molecule has 0 bridgehead atoms. The Bertz CT molecular complexity index is 1040. The highest BCUT2D eigenvalue weighted by Gasteiger charge is 2.25. The zero-order chi connectivity index (χ0) is 20.4. The molecule has 0 radical (unpaired) electrons. The molecule has 1 aliphatic rings. The highest BCUT2D eigenvalue weighted by Crippen LogP contribution is 2.23. The van der Waals surface area contributed by atoms with Gasteiger partial charge in [-0.15, -0.1) is 0 Å². The normalized spacial score (nSPS) is 14.8. The van der Waals surface area contributed by atoms with Crippen LogP contribution in [0.3, 0.4) is 0 Å². The molecule has 150 valence electrons. The van der Waals surface area contributed by atoms with Crippen LogP contribution in [0.15, 0.2) is 48.5 Å². The molecule has 2 amide bonds. The van der Waals surface area contributed by atoms with Gasteiger partial charge in [-0.05, 0) is 55.3 Å². The molecular formula is C22H22FN3O3. The molecule has 3 aromatic rings. The summed E-state index contributed by atoms with van der Waals surface area (Å²) < 4.78 is 18.2. The molecule has 2 aromatic carbocycles. The quantitative estimate of drug-likeness (QED) is 0.712. The molecule has 0 unspecified atom stereocenters. The molecule has 2 heterocycles. The van der Waals surface area contributed by atoms with Crippen molar-refractivity contribution < 1.29 is 18.7 Å². The minimum atomic E-state index is -0.371. The van der Waals surface area contributed by atoms with Gasteiger partial charge in [0.15, 0.2) is 0 Å². The van der Waals surface area contributed by atoms with Crippen molar-refractivity contribution in [2.75, 3.05) is 20.2 Å². The number of likely N-dealkylation sites (tertiary alicyclic amines) is 1. The predicted octanol–water partition coefficient (Wildman–Crippen LogP) is 3.35. The number of H-pyrrole nitrogens is 1. The van der Waals surface area contributed by atoms with E-state index in [2.05, 4.69) is 10.3 Å².